The van der Waals surface area contributed by atoms with Gasteiger partial charge < -0.3 is 48.4 Å². The van der Waals surface area contributed by atoms with E-state index in [-0.39, 0.29) is 30.3 Å². The van der Waals surface area contributed by atoms with Crippen molar-refractivity contribution >= 4 is 31.7 Å². The van der Waals surface area contributed by atoms with Crippen LogP contribution in [0.4, 0.5) is 13.6 Å². The number of phosphoric ester groups is 1. The van der Waals surface area contributed by atoms with Crippen LogP contribution in [0.25, 0.3) is 0 Å². The lowest BCUT2D eigenvalue weighted by molar-refractivity contribution is -0.0658. The van der Waals surface area contributed by atoms with E-state index in [0.29, 0.717) is 24.8 Å². The molecule has 0 radical (unpaired) electrons. The Kier molecular flexibility index (Phi) is 10.3. The van der Waals surface area contributed by atoms with E-state index in [9.17, 15) is 32.5 Å². The van der Waals surface area contributed by atoms with Crippen LogP contribution in [0.5, 0.6) is 5.75 Å². The van der Waals surface area contributed by atoms with Crippen molar-refractivity contribution in [3.63, 3.8) is 0 Å². The third kappa shape index (κ3) is 7.69. The smallest absolute Gasteiger partial charge is 0.482 e. The summed E-state index contributed by atoms with van der Waals surface area (Å²) in [5.74, 6) is -3.71. The highest BCUT2D eigenvalue weighted by Gasteiger charge is 2.55. The Morgan fingerprint density at radius 2 is 2.02 bits per heavy atom. The van der Waals surface area contributed by atoms with Gasteiger partial charge in [-0.2, -0.15) is 0 Å². The molecule has 4 heterocycles. The molecule has 1 aromatic heterocycles. The number of hydrogen-bond donors (Lipinski definition) is 3. The van der Waals surface area contributed by atoms with Gasteiger partial charge in [0.05, 0.1) is 26.2 Å². The third-order valence-electron chi connectivity index (χ3n) is 8.36. The highest BCUT2D eigenvalue weighted by atomic mass is 31.2. The summed E-state index contributed by atoms with van der Waals surface area (Å²) in [7, 11) is -3.41. The molecule has 5 rings (SSSR count). The predicted octanol–water partition coefficient (Wildman–Crippen LogP) is 2.34. The molecule has 1 fully saturated rings. The number of halogens is 2. The number of pyridine rings is 1. The van der Waals surface area contributed by atoms with Crippen LogP contribution in [0.15, 0.2) is 34.3 Å². The first kappa shape index (κ1) is 35.7. The average molecular weight is 715 g/mol. The van der Waals surface area contributed by atoms with Gasteiger partial charge in [-0.15, -0.1) is 0 Å². The molecule has 2 amide bonds. The predicted molar refractivity (Wildman–Crippen MR) is 160 cm³/mol. The van der Waals surface area contributed by atoms with Gasteiger partial charge in [-0.3, -0.25) is 18.9 Å². The topological polar surface area (TPSA) is 214 Å². The van der Waals surface area contributed by atoms with Crippen LogP contribution in [-0.2, 0) is 34.7 Å². The molecule has 20 heteroatoms. The van der Waals surface area contributed by atoms with E-state index in [0.717, 1.165) is 12.1 Å². The van der Waals surface area contributed by atoms with Gasteiger partial charge in [0.2, 0.25) is 23.9 Å². The minimum Gasteiger partial charge on any atom is -0.482 e. The van der Waals surface area contributed by atoms with E-state index in [2.05, 4.69) is 15.0 Å². The third-order valence-corrected chi connectivity index (χ3v) is 8.84. The number of phosphoric acid groups is 1. The van der Waals surface area contributed by atoms with E-state index in [1.165, 1.54) is 29.7 Å². The molecule has 2 aromatic rings. The minimum atomic E-state index is -4.84. The summed E-state index contributed by atoms with van der Waals surface area (Å²) in [5.41, 5.74) is -2.99. The SMILES string of the molecule is COC1=NO[C@@]2(CC[C@H](C)N3C[C@H]2n2cc(C(=O)NCc4ccc(F)cc4F)c(=O)c(OCOC(=O)O[C@@H](C)COP(=O)(O)O)c2C3=O)C1. The molecular weight excluding hydrogens is 681 g/mol. The van der Waals surface area contributed by atoms with Crippen LogP contribution in [0.1, 0.15) is 65.6 Å². The van der Waals surface area contributed by atoms with Gasteiger partial charge in [-0.1, -0.05) is 11.2 Å². The van der Waals surface area contributed by atoms with Crippen molar-refractivity contribution in [1.29, 1.82) is 0 Å². The maximum Gasteiger partial charge on any atom is 0.511 e. The standard InChI is InChI=1S/C29H33F2N4O13P/c1-15-6-7-29(9-22(43-3)33-48-29)21-12-34(15)27(38)23-25(44-14-45-28(39)47-16(2)13-46-49(40,41)42)24(36)19(11-35(21)23)26(37)32-10-17-4-5-18(30)8-20(17)31/h4-5,8,11,15-16,21H,6-7,9-10,12-14H2,1-3H3,(H,32,37)(H2,40,41,42)/t15-,16-,21+,29-/m0/s1. The van der Waals surface area contributed by atoms with E-state index < -0.39 is 91.9 Å². The number of rotatable bonds is 10. The van der Waals surface area contributed by atoms with Gasteiger partial charge in [0, 0.05) is 37.0 Å². The summed E-state index contributed by atoms with van der Waals surface area (Å²) in [6.45, 7) is 1.09. The molecule has 1 saturated heterocycles. The van der Waals surface area contributed by atoms with Gasteiger partial charge in [0.15, 0.2) is 11.3 Å². The first-order chi connectivity index (χ1) is 23.1. The number of nitrogens with one attached hydrogen (secondary N) is 1. The minimum absolute atomic E-state index is 0.0669. The number of benzene rings is 1. The van der Waals surface area contributed by atoms with Gasteiger partial charge in [-0.05, 0) is 32.8 Å². The lowest BCUT2D eigenvalue weighted by Crippen LogP contribution is -2.52. The van der Waals surface area contributed by atoms with Crippen molar-refractivity contribution < 1.29 is 65.8 Å². The summed E-state index contributed by atoms with van der Waals surface area (Å²) in [4.78, 5) is 78.6. The van der Waals surface area contributed by atoms with Crippen LogP contribution < -0.4 is 15.5 Å². The molecule has 0 unspecified atom stereocenters. The number of ether oxygens (including phenoxy) is 4. The second-order valence-corrected chi connectivity index (χ2v) is 12.9. The second kappa shape index (κ2) is 14.1. The summed E-state index contributed by atoms with van der Waals surface area (Å²) in [6.07, 6.45) is -0.271. The molecule has 49 heavy (non-hydrogen) atoms. The largest absolute Gasteiger partial charge is 0.511 e. The molecule has 2 bridgehead atoms. The second-order valence-electron chi connectivity index (χ2n) is 11.6. The van der Waals surface area contributed by atoms with Crippen LogP contribution in [0.3, 0.4) is 0 Å². The highest BCUT2D eigenvalue weighted by molar-refractivity contribution is 7.46. The number of methoxy groups -OCH3 is 1. The van der Waals surface area contributed by atoms with Gasteiger partial charge in [-0.25, -0.2) is 18.1 Å². The zero-order chi connectivity index (χ0) is 35.7. The molecular formula is C29H33F2N4O13P. The zero-order valence-electron chi connectivity index (χ0n) is 26.4. The maximum absolute atomic E-state index is 14.3. The van der Waals surface area contributed by atoms with Gasteiger partial charge >= 0.3 is 14.0 Å². The number of nitrogens with zero attached hydrogens (tertiary/aromatic N) is 3. The lowest BCUT2D eigenvalue weighted by atomic mass is 9.85. The first-order valence-corrected chi connectivity index (χ1v) is 16.4. The number of carbonyl (C=O) groups is 3. The average Bonchev–Trinajstić information content (AvgIpc) is 3.42. The molecule has 266 valence electrons. The van der Waals surface area contributed by atoms with Crippen molar-refractivity contribution in [2.75, 3.05) is 27.1 Å². The van der Waals surface area contributed by atoms with Crippen molar-refractivity contribution in [2.24, 2.45) is 5.16 Å². The lowest BCUT2D eigenvalue weighted by Gasteiger charge is -2.42. The number of aromatic nitrogens is 1. The number of fused-ring (bicyclic) bond motifs is 5. The molecule has 0 aliphatic carbocycles. The van der Waals surface area contributed by atoms with Crippen molar-refractivity contribution in [2.45, 2.75) is 63.4 Å². The molecule has 3 N–H and O–H groups in total. The van der Waals surface area contributed by atoms with Crippen molar-refractivity contribution in [3.05, 3.63) is 63.1 Å². The fraction of sp³-hybridized carbons (Fsp3) is 0.483. The van der Waals surface area contributed by atoms with Crippen molar-refractivity contribution in [1.82, 2.24) is 14.8 Å². The fourth-order valence-corrected chi connectivity index (χ4v) is 6.22. The molecule has 1 aromatic carbocycles. The Morgan fingerprint density at radius 3 is 2.69 bits per heavy atom. The van der Waals surface area contributed by atoms with Crippen LogP contribution in [0, 0.1) is 11.6 Å². The molecule has 4 atom stereocenters. The van der Waals surface area contributed by atoms with Crippen LogP contribution in [-0.4, -0.2) is 87.9 Å². The number of amides is 2. The highest BCUT2D eigenvalue weighted by Crippen LogP contribution is 2.46. The molecule has 17 nitrogen and oxygen atoms in total. The number of oxime groups is 1. The quantitative estimate of drug-likeness (QED) is 0.183. The summed E-state index contributed by atoms with van der Waals surface area (Å²) >= 11 is 0. The Balaban J connectivity index is 1.48. The van der Waals surface area contributed by atoms with Crippen molar-refractivity contribution in [3.8, 4) is 5.75 Å². The van der Waals surface area contributed by atoms with E-state index >= 15 is 0 Å². The summed E-state index contributed by atoms with van der Waals surface area (Å²) in [5, 5.41) is 6.47. The number of hydrogen-bond acceptors (Lipinski definition) is 12. The van der Waals surface area contributed by atoms with E-state index in [4.69, 9.17) is 33.6 Å². The Hall–Kier alpha value is -4.58. The monoisotopic (exact) mass is 714 g/mol. The van der Waals surface area contributed by atoms with E-state index in [1.807, 2.05) is 6.92 Å². The Morgan fingerprint density at radius 1 is 1.27 bits per heavy atom. The molecule has 3 aliphatic rings. The zero-order valence-corrected chi connectivity index (χ0v) is 27.3. The van der Waals surface area contributed by atoms with E-state index in [1.54, 1.807) is 0 Å². The Bertz CT molecular complexity index is 1780. The van der Waals surface area contributed by atoms with Gasteiger partial charge in [0.25, 0.3) is 11.8 Å². The molecule has 0 saturated carbocycles. The van der Waals surface area contributed by atoms with Gasteiger partial charge in [0.1, 0.15) is 23.3 Å². The Labute approximate surface area is 276 Å². The fourth-order valence-electron chi connectivity index (χ4n) is 5.82. The normalized spacial score (nSPS) is 22.0. The van der Waals surface area contributed by atoms with Crippen LogP contribution >= 0.6 is 7.82 Å². The first-order valence-electron chi connectivity index (χ1n) is 14.9. The molecule has 1 spiro atoms. The summed E-state index contributed by atoms with van der Waals surface area (Å²) < 4.78 is 64.9. The van der Waals surface area contributed by atoms with Crippen LogP contribution in [0.2, 0.25) is 0 Å². The maximum atomic E-state index is 14.3. The number of carbonyl (C=O) groups excluding carboxylic acids is 3. The molecule has 3 aliphatic heterocycles. The summed E-state index contributed by atoms with van der Waals surface area (Å²) in [6, 6.07) is 1.72.